The maximum absolute atomic E-state index is 13.0. The van der Waals surface area contributed by atoms with Crippen LogP contribution in [-0.4, -0.2) is 22.0 Å². The summed E-state index contributed by atoms with van der Waals surface area (Å²) >= 11 is 0. The zero-order valence-electron chi connectivity index (χ0n) is 17.5. The highest BCUT2D eigenvalue weighted by Crippen LogP contribution is 2.36. The van der Waals surface area contributed by atoms with Gasteiger partial charge in [0.2, 0.25) is 5.91 Å². The van der Waals surface area contributed by atoms with Gasteiger partial charge in [-0.3, -0.25) is 14.9 Å². The molecule has 0 aliphatic heterocycles. The third kappa shape index (κ3) is 4.82. The average molecular weight is 429 g/mol. The van der Waals surface area contributed by atoms with Crippen molar-refractivity contribution in [3.8, 4) is 6.07 Å². The number of nitriles is 1. The molecular weight excluding hydrogens is 406 g/mol. The topological polar surface area (TPSA) is 116 Å². The van der Waals surface area contributed by atoms with E-state index >= 15 is 0 Å². The van der Waals surface area contributed by atoms with Gasteiger partial charge in [0.1, 0.15) is 5.41 Å². The zero-order chi connectivity index (χ0) is 23.1. The van der Waals surface area contributed by atoms with Crippen LogP contribution in [0.1, 0.15) is 36.1 Å². The summed E-state index contributed by atoms with van der Waals surface area (Å²) < 4.78 is 0. The second kappa shape index (κ2) is 9.86. The quantitative estimate of drug-likeness (QED) is 0.414. The maximum Gasteiger partial charge on any atom is 0.269 e. The van der Waals surface area contributed by atoms with Crippen LogP contribution in [0.5, 0.6) is 0 Å². The molecule has 0 aromatic heterocycles. The zero-order valence-corrected chi connectivity index (χ0v) is 17.5. The van der Waals surface area contributed by atoms with Crippen LogP contribution in [0.4, 0.5) is 5.69 Å². The van der Waals surface area contributed by atoms with Crippen molar-refractivity contribution < 1.29 is 14.8 Å². The van der Waals surface area contributed by atoms with E-state index in [-0.39, 0.29) is 12.1 Å². The number of aliphatic hydroxyl groups excluding tert-OH is 1. The molecule has 0 radical (unpaired) electrons. The fourth-order valence-electron chi connectivity index (χ4n) is 3.69. The first-order chi connectivity index (χ1) is 15.4. The summed E-state index contributed by atoms with van der Waals surface area (Å²) in [5, 5.41) is 34.6. The summed E-state index contributed by atoms with van der Waals surface area (Å²) in [6.45, 7) is 1.69. The number of amides is 1. The first-order valence-electron chi connectivity index (χ1n) is 10.1. The molecule has 162 valence electrons. The molecule has 0 fully saturated rings. The van der Waals surface area contributed by atoms with E-state index in [0.29, 0.717) is 16.7 Å². The minimum Gasteiger partial charge on any atom is -0.386 e. The third-order valence-corrected chi connectivity index (χ3v) is 5.46. The van der Waals surface area contributed by atoms with Crippen LogP contribution in [0, 0.1) is 21.4 Å². The maximum atomic E-state index is 13.0. The van der Waals surface area contributed by atoms with Crippen molar-refractivity contribution in [3.05, 3.63) is 112 Å². The van der Waals surface area contributed by atoms with E-state index in [1.54, 1.807) is 61.5 Å². The molecule has 3 aromatic rings. The van der Waals surface area contributed by atoms with Crippen LogP contribution in [0.2, 0.25) is 0 Å². The van der Waals surface area contributed by atoms with Gasteiger partial charge in [-0.1, -0.05) is 72.8 Å². The van der Waals surface area contributed by atoms with E-state index < -0.39 is 28.4 Å². The van der Waals surface area contributed by atoms with Gasteiger partial charge >= 0.3 is 0 Å². The Bertz CT molecular complexity index is 1110. The monoisotopic (exact) mass is 429 g/mol. The number of nitro benzene ring substituents is 1. The second-order valence-electron chi connectivity index (χ2n) is 7.58. The third-order valence-electron chi connectivity index (χ3n) is 5.46. The van der Waals surface area contributed by atoms with E-state index in [4.69, 9.17) is 0 Å². The normalized spacial score (nSPS) is 14.4. The summed E-state index contributed by atoms with van der Waals surface area (Å²) in [6.07, 6.45) is -1.12. The van der Waals surface area contributed by atoms with E-state index in [2.05, 4.69) is 11.4 Å². The first kappa shape index (κ1) is 22.7. The fraction of sp³-hybridized carbons (Fsp3) is 0.200. The molecule has 1 amide bonds. The molecule has 0 heterocycles. The van der Waals surface area contributed by atoms with Crippen molar-refractivity contribution in [3.63, 3.8) is 0 Å². The Morgan fingerprint density at radius 3 is 2.09 bits per heavy atom. The van der Waals surface area contributed by atoms with Crippen molar-refractivity contribution in [1.29, 1.82) is 5.26 Å². The SMILES string of the molecule is C[C@@H](NC(=O)C[C@@](C#N)(c1ccccc1)c1ccc([N+](=O)[O-])cc1)[C@@H](O)c1ccccc1. The molecule has 0 saturated carbocycles. The van der Waals surface area contributed by atoms with Gasteiger partial charge in [-0.15, -0.1) is 0 Å². The van der Waals surface area contributed by atoms with Crippen molar-refractivity contribution in [2.24, 2.45) is 0 Å². The Morgan fingerprint density at radius 2 is 1.56 bits per heavy atom. The van der Waals surface area contributed by atoms with Crippen LogP contribution < -0.4 is 5.32 Å². The molecule has 3 aromatic carbocycles. The lowest BCUT2D eigenvalue weighted by Gasteiger charge is -2.29. The summed E-state index contributed by atoms with van der Waals surface area (Å²) in [4.78, 5) is 23.5. The average Bonchev–Trinajstić information content (AvgIpc) is 2.83. The molecule has 7 nitrogen and oxygen atoms in total. The Hall–Kier alpha value is -4.02. The number of non-ortho nitro benzene ring substituents is 1. The number of carbonyl (C=O) groups excluding carboxylic acids is 1. The number of benzene rings is 3. The standard InChI is InChI=1S/C25H23N3O4/c1-18(24(30)19-8-4-2-5-9-19)27-23(29)16-25(17-26,20-10-6-3-7-11-20)21-12-14-22(15-13-21)28(31)32/h2-15,18,24,30H,16H2,1H3,(H,27,29)/t18-,24-,25-/m1/s1. The summed E-state index contributed by atoms with van der Waals surface area (Å²) in [7, 11) is 0. The van der Waals surface area contributed by atoms with Crippen molar-refractivity contribution in [2.75, 3.05) is 0 Å². The molecule has 7 heteroatoms. The fourth-order valence-corrected chi connectivity index (χ4v) is 3.69. The lowest BCUT2D eigenvalue weighted by atomic mass is 9.73. The van der Waals surface area contributed by atoms with E-state index in [9.17, 15) is 25.3 Å². The first-order valence-corrected chi connectivity index (χ1v) is 10.1. The smallest absolute Gasteiger partial charge is 0.269 e. The molecule has 0 saturated heterocycles. The number of aliphatic hydroxyl groups is 1. The number of nitrogens with one attached hydrogen (secondary N) is 1. The van der Waals surface area contributed by atoms with E-state index in [0.717, 1.165) is 0 Å². The van der Waals surface area contributed by atoms with E-state index in [1.165, 1.54) is 24.3 Å². The van der Waals surface area contributed by atoms with Gasteiger partial charge in [-0.05, 0) is 23.6 Å². The predicted octanol–water partition coefficient (Wildman–Crippen LogP) is 4.03. The molecular formula is C25H23N3O4. The summed E-state index contributed by atoms with van der Waals surface area (Å²) in [5.41, 5.74) is 0.298. The van der Waals surface area contributed by atoms with E-state index in [1.807, 2.05) is 6.07 Å². The molecule has 32 heavy (non-hydrogen) atoms. The lowest BCUT2D eigenvalue weighted by molar-refractivity contribution is -0.384. The second-order valence-corrected chi connectivity index (χ2v) is 7.58. The number of hydrogen-bond donors (Lipinski definition) is 2. The van der Waals surface area contributed by atoms with Crippen LogP contribution in [-0.2, 0) is 10.2 Å². The number of hydrogen-bond acceptors (Lipinski definition) is 5. The highest BCUT2D eigenvalue weighted by molar-refractivity contribution is 5.80. The molecule has 0 aliphatic rings. The van der Waals surface area contributed by atoms with Crippen LogP contribution in [0.25, 0.3) is 0 Å². The van der Waals surface area contributed by atoms with Gasteiger partial charge in [0.15, 0.2) is 0 Å². The van der Waals surface area contributed by atoms with Gasteiger partial charge < -0.3 is 10.4 Å². The van der Waals surface area contributed by atoms with Crippen molar-refractivity contribution in [2.45, 2.75) is 30.9 Å². The van der Waals surface area contributed by atoms with Gasteiger partial charge in [-0.25, -0.2) is 0 Å². The highest BCUT2D eigenvalue weighted by Gasteiger charge is 2.38. The highest BCUT2D eigenvalue weighted by atomic mass is 16.6. The Labute approximate surface area is 186 Å². The van der Waals surface area contributed by atoms with Crippen LogP contribution in [0.3, 0.4) is 0 Å². The van der Waals surface area contributed by atoms with Crippen molar-refractivity contribution in [1.82, 2.24) is 5.32 Å². The Balaban J connectivity index is 1.90. The number of carbonyl (C=O) groups is 1. The summed E-state index contributed by atoms with van der Waals surface area (Å²) in [5.74, 6) is -0.420. The number of nitro groups is 1. The van der Waals surface area contributed by atoms with Gasteiger partial charge in [0, 0.05) is 12.1 Å². The Morgan fingerprint density at radius 1 is 1.03 bits per heavy atom. The predicted molar refractivity (Wildman–Crippen MR) is 120 cm³/mol. The molecule has 0 aliphatic carbocycles. The number of nitrogens with zero attached hydrogens (tertiary/aromatic N) is 2. The van der Waals surface area contributed by atoms with Gasteiger partial charge in [-0.2, -0.15) is 5.26 Å². The van der Waals surface area contributed by atoms with Gasteiger partial charge in [0.05, 0.1) is 29.6 Å². The van der Waals surface area contributed by atoms with Crippen LogP contribution in [0.15, 0.2) is 84.9 Å². The molecule has 3 rings (SSSR count). The van der Waals surface area contributed by atoms with Crippen molar-refractivity contribution >= 4 is 11.6 Å². The molecule has 3 atom stereocenters. The molecule has 0 unspecified atom stereocenters. The summed E-state index contributed by atoms with van der Waals surface area (Å²) in [6, 6.07) is 25.2. The molecule has 0 bridgehead atoms. The van der Waals surface area contributed by atoms with Gasteiger partial charge in [0.25, 0.3) is 5.69 Å². The lowest BCUT2D eigenvalue weighted by Crippen LogP contribution is -2.41. The number of rotatable bonds is 8. The Kier molecular flexibility index (Phi) is 6.98. The van der Waals surface area contributed by atoms with Crippen LogP contribution >= 0.6 is 0 Å². The minimum absolute atomic E-state index is 0.0993. The minimum atomic E-state index is -1.35. The molecule has 0 spiro atoms. The largest absolute Gasteiger partial charge is 0.386 e. The molecule has 2 N–H and O–H groups in total.